The molecule has 0 aliphatic heterocycles. The number of methoxy groups -OCH3 is 2. The monoisotopic (exact) mass is 388 g/mol. The van der Waals surface area contributed by atoms with E-state index in [1.54, 1.807) is 18.2 Å². The van der Waals surface area contributed by atoms with E-state index in [1.165, 1.54) is 33.5 Å². The normalized spacial score (nSPS) is 13.0. The minimum absolute atomic E-state index is 0.301. The first kappa shape index (κ1) is 21.8. The lowest BCUT2D eigenvalue weighted by Crippen LogP contribution is -2.15. The Kier molecular flexibility index (Phi) is 8.36. The summed E-state index contributed by atoms with van der Waals surface area (Å²) >= 11 is 0. The summed E-state index contributed by atoms with van der Waals surface area (Å²) in [6.45, 7) is 6.59. The van der Waals surface area contributed by atoms with Gasteiger partial charge in [-0.2, -0.15) is 0 Å². The summed E-state index contributed by atoms with van der Waals surface area (Å²) in [5, 5.41) is 6.87. The third kappa shape index (κ3) is 5.06. The minimum atomic E-state index is -0.347. The molecule has 1 N–H and O–H groups in total. The zero-order valence-corrected chi connectivity index (χ0v) is 17.6. The number of hydrogen-bond donors (Lipinski definition) is 1. The fourth-order valence-electron chi connectivity index (χ4n) is 3.70. The van der Waals surface area contributed by atoms with Gasteiger partial charge >= 0.3 is 0 Å². The molecular weight excluding hydrogens is 356 g/mol. The van der Waals surface area contributed by atoms with Crippen LogP contribution >= 0.6 is 0 Å². The molecule has 2 rings (SSSR count). The van der Waals surface area contributed by atoms with Crippen LogP contribution in [-0.4, -0.2) is 25.3 Å². The molecule has 0 radical (unpaired) electrons. The molecule has 0 spiro atoms. The Balaban J connectivity index is 2.19. The molecule has 6 heteroatoms. The molecule has 2 atom stereocenters. The number of hydrogen-bond acceptors (Lipinski definition) is 5. The lowest BCUT2D eigenvalue weighted by atomic mass is 9.82. The van der Waals surface area contributed by atoms with Crippen LogP contribution in [0.15, 0.2) is 28.8 Å². The van der Waals surface area contributed by atoms with Crippen LogP contribution in [0.2, 0.25) is 0 Å². The van der Waals surface area contributed by atoms with E-state index in [2.05, 4.69) is 31.2 Å². The second kappa shape index (κ2) is 10.7. The molecular formula is C22H32N2O4. The maximum atomic E-state index is 12.8. The van der Waals surface area contributed by atoms with Crippen LogP contribution in [0.4, 0.5) is 5.82 Å². The van der Waals surface area contributed by atoms with E-state index in [-0.39, 0.29) is 5.91 Å². The first-order valence-electron chi connectivity index (χ1n) is 10.1. The Bertz CT molecular complexity index is 734. The number of carbonyl (C=O) groups is 1. The van der Waals surface area contributed by atoms with Gasteiger partial charge in [-0.05, 0) is 30.9 Å². The second-order valence-electron chi connectivity index (χ2n) is 6.93. The van der Waals surface area contributed by atoms with Crippen molar-refractivity contribution in [3.63, 3.8) is 0 Å². The van der Waals surface area contributed by atoms with Crippen molar-refractivity contribution in [2.45, 2.75) is 58.8 Å². The number of carbonyl (C=O) groups excluding carboxylic acids is 1. The van der Waals surface area contributed by atoms with Crippen molar-refractivity contribution in [3.8, 4) is 11.5 Å². The van der Waals surface area contributed by atoms with Crippen LogP contribution in [0.25, 0.3) is 0 Å². The van der Waals surface area contributed by atoms with Crippen molar-refractivity contribution in [3.05, 3.63) is 35.6 Å². The SMILES string of the molecule is CCCCC(CC)C(CC)c1cc(NC(=O)c2c(OC)cccc2OC)no1. The Morgan fingerprint density at radius 2 is 1.82 bits per heavy atom. The standard InChI is InChI=1S/C22H32N2O4/c1-6-9-11-15(7-2)16(8-3)19-14-20(24-28-19)23-22(25)21-17(26-4)12-10-13-18(21)27-5/h10,12-16H,6-9,11H2,1-5H3,(H,23,24,25). The average molecular weight is 389 g/mol. The Morgan fingerprint density at radius 1 is 1.14 bits per heavy atom. The summed E-state index contributed by atoms with van der Waals surface area (Å²) in [4.78, 5) is 12.8. The molecule has 154 valence electrons. The van der Waals surface area contributed by atoms with Gasteiger partial charge in [-0.15, -0.1) is 0 Å². The third-order valence-corrected chi connectivity index (χ3v) is 5.25. The van der Waals surface area contributed by atoms with Crippen LogP contribution in [0.3, 0.4) is 0 Å². The quantitative estimate of drug-likeness (QED) is 0.538. The Morgan fingerprint density at radius 3 is 2.36 bits per heavy atom. The van der Waals surface area contributed by atoms with Crippen LogP contribution < -0.4 is 14.8 Å². The van der Waals surface area contributed by atoms with Crippen molar-refractivity contribution in [2.24, 2.45) is 5.92 Å². The number of benzene rings is 1. The molecule has 0 aliphatic carbocycles. The van der Waals surface area contributed by atoms with Gasteiger partial charge < -0.3 is 19.3 Å². The first-order chi connectivity index (χ1) is 13.6. The molecule has 1 amide bonds. The molecule has 0 fully saturated rings. The minimum Gasteiger partial charge on any atom is -0.496 e. The highest BCUT2D eigenvalue weighted by Crippen LogP contribution is 2.35. The molecule has 0 saturated heterocycles. The molecule has 1 aromatic heterocycles. The molecule has 2 unspecified atom stereocenters. The van der Waals surface area contributed by atoms with Gasteiger partial charge in [0.1, 0.15) is 22.8 Å². The van der Waals surface area contributed by atoms with E-state index in [0.29, 0.717) is 34.7 Å². The summed E-state index contributed by atoms with van der Waals surface area (Å²) in [5.74, 6) is 2.62. The fourth-order valence-corrected chi connectivity index (χ4v) is 3.70. The largest absolute Gasteiger partial charge is 0.496 e. The summed E-state index contributed by atoms with van der Waals surface area (Å²) in [7, 11) is 3.04. The van der Waals surface area contributed by atoms with Crippen LogP contribution in [0.1, 0.15) is 74.9 Å². The molecule has 2 aromatic rings. The van der Waals surface area contributed by atoms with Crippen LogP contribution in [-0.2, 0) is 0 Å². The lowest BCUT2D eigenvalue weighted by Gasteiger charge is -2.22. The number of ether oxygens (including phenoxy) is 2. The number of aromatic nitrogens is 1. The zero-order valence-electron chi connectivity index (χ0n) is 17.6. The highest BCUT2D eigenvalue weighted by molar-refractivity contribution is 6.07. The third-order valence-electron chi connectivity index (χ3n) is 5.25. The van der Waals surface area contributed by atoms with E-state index < -0.39 is 0 Å². The predicted octanol–water partition coefficient (Wildman–Crippen LogP) is 5.65. The lowest BCUT2D eigenvalue weighted by molar-refractivity contribution is 0.102. The van der Waals surface area contributed by atoms with E-state index in [0.717, 1.165) is 18.6 Å². The van der Waals surface area contributed by atoms with Crippen molar-refractivity contribution < 1.29 is 18.8 Å². The van der Waals surface area contributed by atoms with E-state index in [4.69, 9.17) is 14.0 Å². The van der Waals surface area contributed by atoms with E-state index in [9.17, 15) is 4.79 Å². The molecule has 0 aliphatic rings. The maximum Gasteiger partial charge on any atom is 0.264 e. The highest BCUT2D eigenvalue weighted by atomic mass is 16.5. The summed E-state index contributed by atoms with van der Waals surface area (Å²) in [5.41, 5.74) is 0.332. The summed E-state index contributed by atoms with van der Waals surface area (Å²) in [6.07, 6.45) is 5.64. The molecule has 1 aromatic carbocycles. The highest BCUT2D eigenvalue weighted by Gasteiger charge is 2.25. The van der Waals surface area contributed by atoms with E-state index in [1.807, 2.05) is 6.07 Å². The van der Waals surface area contributed by atoms with E-state index >= 15 is 0 Å². The van der Waals surface area contributed by atoms with Gasteiger partial charge in [0.05, 0.1) is 14.2 Å². The van der Waals surface area contributed by atoms with Gasteiger partial charge in [0.15, 0.2) is 5.82 Å². The number of amides is 1. The maximum absolute atomic E-state index is 12.8. The number of unbranched alkanes of at least 4 members (excludes halogenated alkanes) is 1. The average Bonchev–Trinajstić information content (AvgIpc) is 3.18. The van der Waals surface area contributed by atoms with Gasteiger partial charge in [0.2, 0.25) is 0 Å². The van der Waals surface area contributed by atoms with Crippen molar-refractivity contribution in [1.82, 2.24) is 5.16 Å². The Labute approximate surface area is 167 Å². The number of nitrogens with one attached hydrogen (secondary N) is 1. The van der Waals surface area contributed by atoms with Gasteiger partial charge in [-0.3, -0.25) is 4.79 Å². The van der Waals surface area contributed by atoms with Crippen LogP contribution in [0.5, 0.6) is 11.5 Å². The smallest absolute Gasteiger partial charge is 0.264 e. The van der Waals surface area contributed by atoms with Gasteiger partial charge in [-0.1, -0.05) is 51.3 Å². The molecule has 28 heavy (non-hydrogen) atoms. The Hall–Kier alpha value is -2.50. The first-order valence-corrected chi connectivity index (χ1v) is 10.1. The number of anilines is 1. The van der Waals surface area contributed by atoms with Crippen molar-refractivity contribution in [2.75, 3.05) is 19.5 Å². The topological polar surface area (TPSA) is 73.6 Å². The summed E-state index contributed by atoms with van der Waals surface area (Å²) < 4.78 is 16.2. The molecule has 6 nitrogen and oxygen atoms in total. The van der Waals surface area contributed by atoms with Gasteiger partial charge in [0, 0.05) is 12.0 Å². The van der Waals surface area contributed by atoms with Gasteiger partial charge in [-0.25, -0.2) is 0 Å². The predicted molar refractivity (Wildman–Crippen MR) is 110 cm³/mol. The molecule has 0 bridgehead atoms. The zero-order chi connectivity index (χ0) is 20.5. The molecule has 1 heterocycles. The second-order valence-corrected chi connectivity index (χ2v) is 6.93. The fraction of sp³-hybridized carbons (Fsp3) is 0.545. The van der Waals surface area contributed by atoms with Crippen LogP contribution in [0, 0.1) is 5.92 Å². The van der Waals surface area contributed by atoms with Crippen molar-refractivity contribution in [1.29, 1.82) is 0 Å². The number of nitrogens with zero attached hydrogens (tertiary/aromatic N) is 1. The van der Waals surface area contributed by atoms with Crippen molar-refractivity contribution >= 4 is 11.7 Å². The summed E-state index contributed by atoms with van der Waals surface area (Å²) in [6, 6.07) is 7.05. The number of rotatable bonds is 11. The molecule has 0 saturated carbocycles. The van der Waals surface area contributed by atoms with Gasteiger partial charge in [0.25, 0.3) is 5.91 Å².